The van der Waals surface area contributed by atoms with E-state index in [2.05, 4.69) is 20.8 Å². The molecule has 0 aliphatic heterocycles. The molecule has 0 bridgehead atoms. The third-order valence-electron chi connectivity index (χ3n) is 2.70. The summed E-state index contributed by atoms with van der Waals surface area (Å²) in [7, 11) is 1.63. The molecule has 0 saturated heterocycles. The van der Waals surface area contributed by atoms with Gasteiger partial charge in [0.05, 0.1) is 19.4 Å². The summed E-state index contributed by atoms with van der Waals surface area (Å²) in [6.07, 6.45) is 0. The van der Waals surface area contributed by atoms with Gasteiger partial charge in [-0.3, -0.25) is 4.79 Å². The predicted octanol–water partition coefficient (Wildman–Crippen LogP) is 0.958. The number of benzene rings is 1. The van der Waals surface area contributed by atoms with Crippen molar-refractivity contribution in [3.63, 3.8) is 0 Å². The van der Waals surface area contributed by atoms with Crippen LogP contribution in [0, 0.1) is 0 Å². The van der Waals surface area contributed by atoms with Gasteiger partial charge >= 0.3 is 0 Å². The van der Waals surface area contributed by atoms with E-state index in [1.807, 2.05) is 31.2 Å². The number of hydrogen-bond donors (Lipinski definition) is 1. The van der Waals surface area contributed by atoms with Crippen molar-refractivity contribution in [2.75, 3.05) is 19.4 Å². The zero-order valence-electron chi connectivity index (χ0n) is 11.9. The smallest absolute Gasteiger partial charge is 0.230 e. The minimum Gasteiger partial charge on any atom is -0.497 e. The molecular weight excluding hydrogens is 290 g/mol. The lowest BCUT2D eigenvalue weighted by molar-refractivity contribution is -0.118. The van der Waals surface area contributed by atoms with Gasteiger partial charge in [0.15, 0.2) is 0 Å². The average molecular weight is 307 g/mol. The van der Waals surface area contributed by atoms with Gasteiger partial charge in [0, 0.05) is 6.54 Å². The van der Waals surface area contributed by atoms with Crippen molar-refractivity contribution in [3.05, 3.63) is 29.8 Å². The highest BCUT2D eigenvalue weighted by Crippen LogP contribution is 2.16. The van der Waals surface area contributed by atoms with Crippen LogP contribution in [0.3, 0.4) is 0 Å². The molecule has 7 nitrogen and oxygen atoms in total. The molecule has 21 heavy (non-hydrogen) atoms. The molecule has 0 atom stereocenters. The monoisotopic (exact) mass is 307 g/mol. The summed E-state index contributed by atoms with van der Waals surface area (Å²) in [5.41, 5.74) is 1.06. The number of hydrogen-bond acceptors (Lipinski definition) is 6. The molecule has 0 aliphatic rings. The molecule has 0 saturated carbocycles. The summed E-state index contributed by atoms with van der Waals surface area (Å²) >= 11 is 1.32. The Hall–Kier alpha value is -2.09. The fourth-order valence-corrected chi connectivity index (χ4v) is 2.39. The quantitative estimate of drug-likeness (QED) is 0.767. The second-order valence-electron chi connectivity index (χ2n) is 4.21. The largest absolute Gasteiger partial charge is 0.497 e. The van der Waals surface area contributed by atoms with E-state index in [-0.39, 0.29) is 5.91 Å². The molecule has 0 spiro atoms. The van der Waals surface area contributed by atoms with Crippen molar-refractivity contribution in [2.24, 2.45) is 0 Å². The van der Waals surface area contributed by atoms with E-state index in [4.69, 9.17) is 4.74 Å². The predicted molar refractivity (Wildman–Crippen MR) is 79.3 cm³/mol. The van der Waals surface area contributed by atoms with Crippen molar-refractivity contribution < 1.29 is 9.53 Å². The maximum absolute atomic E-state index is 11.5. The van der Waals surface area contributed by atoms with E-state index >= 15 is 0 Å². The topological polar surface area (TPSA) is 81.9 Å². The molecule has 0 aliphatic carbocycles. The molecule has 1 aromatic carbocycles. The SMILES string of the molecule is CCNC(=O)CSc1nnnn1Cc1ccc(OC)cc1. The Bertz CT molecular complexity index is 585. The summed E-state index contributed by atoms with van der Waals surface area (Å²) in [6, 6.07) is 7.69. The first-order chi connectivity index (χ1) is 10.2. The standard InChI is InChI=1S/C13H17N5O2S/c1-3-14-12(19)9-21-13-15-16-17-18(13)8-10-4-6-11(20-2)7-5-10/h4-7H,3,8-9H2,1-2H3,(H,14,19). The molecule has 1 N–H and O–H groups in total. The lowest BCUT2D eigenvalue weighted by Gasteiger charge is -2.05. The first kappa shape index (κ1) is 15.3. The third-order valence-corrected chi connectivity index (χ3v) is 3.65. The molecule has 1 amide bonds. The fourth-order valence-electron chi connectivity index (χ4n) is 1.68. The molecule has 0 radical (unpaired) electrons. The number of nitrogens with zero attached hydrogens (tertiary/aromatic N) is 4. The van der Waals surface area contributed by atoms with Crippen LogP contribution in [0.1, 0.15) is 12.5 Å². The second kappa shape index (κ2) is 7.63. The van der Waals surface area contributed by atoms with Gasteiger partial charge in [0.1, 0.15) is 5.75 Å². The number of thioether (sulfide) groups is 1. The van der Waals surface area contributed by atoms with Crippen molar-refractivity contribution in [2.45, 2.75) is 18.6 Å². The number of carbonyl (C=O) groups is 1. The fraction of sp³-hybridized carbons (Fsp3) is 0.385. The van der Waals surface area contributed by atoms with Gasteiger partial charge in [-0.25, -0.2) is 4.68 Å². The first-order valence-corrected chi connectivity index (χ1v) is 7.50. The summed E-state index contributed by atoms with van der Waals surface area (Å²) in [4.78, 5) is 11.5. The van der Waals surface area contributed by atoms with Crippen LogP contribution in [0.4, 0.5) is 0 Å². The van der Waals surface area contributed by atoms with E-state index in [9.17, 15) is 4.79 Å². The highest BCUT2D eigenvalue weighted by molar-refractivity contribution is 7.99. The summed E-state index contributed by atoms with van der Waals surface area (Å²) in [5.74, 6) is 1.08. The van der Waals surface area contributed by atoms with Crippen molar-refractivity contribution >= 4 is 17.7 Å². The van der Waals surface area contributed by atoms with Crippen LogP contribution in [0.15, 0.2) is 29.4 Å². The average Bonchev–Trinajstić information content (AvgIpc) is 2.93. The Labute approximate surface area is 127 Å². The van der Waals surface area contributed by atoms with Gasteiger partial charge < -0.3 is 10.1 Å². The van der Waals surface area contributed by atoms with Gasteiger partial charge in [-0.15, -0.1) is 5.10 Å². The first-order valence-electron chi connectivity index (χ1n) is 6.51. The maximum Gasteiger partial charge on any atom is 0.230 e. The Morgan fingerprint density at radius 2 is 2.14 bits per heavy atom. The van der Waals surface area contributed by atoms with E-state index in [1.54, 1.807) is 11.8 Å². The van der Waals surface area contributed by atoms with Gasteiger partial charge in [-0.05, 0) is 35.0 Å². The molecular formula is C13H17N5O2S. The number of methoxy groups -OCH3 is 1. The third kappa shape index (κ3) is 4.45. The molecule has 0 fully saturated rings. The van der Waals surface area contributed by atoms with Crippen LogP contribution in [0.2, 0.25) is 0 Å². The zero-order valence-corrected chi connectivity index (χ0v) is 12.8. The zero-order chi connectivity index (χ0) is 15.1. The highest BCUT2D eigenvalue weighted by atomic mass is 32.2. The van der Waals surface area contributed by atoms with Crippen LogP contribution < -0.4 is 10.1 Å². The van der Waals surface area contributed by atoms with Crippen molar-refractivity contribution in [1.82, 2.24) is 25.5 Å². The van der Waals surface area contributed by atoms with Crippen LogP contribution >= 0.6 is 11.8 Å². The normalized spacial score (nSPS) is 10.4. The van der Waals surface area contributed by atoms with Crippen molar-refractivity contribution in [1.29, 1.82) is 0 Å². The van der Waals surface area contributed by atoms with Crippen LogP contribution in [0.5, 0.6) is 5.75 Å². The molecule has 8 heteroatoms. The molecule has 1 heterocycles. The van der Waals surface area contributed by atoms with E-state index in [0.29, 0.717) is 24.0 Å². The molecule has 2 rings (SSSR count). The van der Waals surface area contributed by atoms with Crippen LogP contribution in [-0.4, -0.2) is 45.5 Å². The van der Waals surface area contributed by atoms with Crippen LogP contribution in [0.25, 0.3) is 0 Å². The number of amides is 1. The Kier molecular flexibility index (Phi) is 5.56. The van der Waals surface area contributed by atoms with E-state index < -0.39 is 0 Å². The molecule has 2 aromatic rings. The summed E-state index contributed by atoms with van der Waals surface area (Å²) in [6.45, 7) is 3.06. The Balaban J connectivity index is 1.97. The lowest BCUT2D eigenvalue weighted by Crippen LogP contribution is -2.24. The molecule has 0 unspecified atom stereocenters. The molecule has 1 aromatic heterocycles. The number of rotatable bonds is 7. The second-order valence-corrected chi connectivity index (χ2v) is 5.15. The number of tetrazole rings is 1. The van der Waals surface area contributed by atoms with Crippen molar-refractivity contribution in [3.8, 4) is 5.75 Å². The number of carbonyl (C=O) groups excluding carboxylic acids is 1. The number of ether oxygens (including phenoxy) is 1. The molecule has 112 valence electrons. The maximum atomic E-state index is 11.5. The summed E-state index contributed by atoms with van der Waals surface area (Å²) < 4.78 is 6.79. The minimum absolute atomic E-state index is 0.0264. The van der Waals surface area contributed by atoms with Gasteiger partial charge in [-0.2, -0.15) is 0 Å². The Morgan fingerprint density at radius 1 is 1.38 bits per heavy atom. The lowest BCUT2D eigenvalue weighted by atomic mass is 10.2. The minimum atomic E-state index is -0.0264. The number of aromatic nitrogens is 4. The van der Waals surface area contributed by atoms with Gasteiger partial charge in [-0.1, -0.05) is 23.9 Å². The van der Waals surface area contributed by atoms with E-state index in [1.165, 1.54) is 11.8 Å². The number of nitrogens with one attached hydrogen (secondary N) is 1. The highest BCUT2D eigenvalue weighted by Gasteiger charge is 2.10. The summed E-state index contributed by atoms with van der Waals surface area (Å²) in [5, 5.41) is 14.9. The van der Waals surface area contributed by atoms with Gasteiger partial charge in [0.25, 0.3) is 0 Å². The van der Waals surface area contributed by atoms with Gasteiger partial charge in [0.2, 0.25) is 11.1 Å². The van der Waals surface area contributed by atoms with Crippen LogP contribution in [-0.2, 0) is 11.3 Å². The van der Waals surface area contributed by atoms with E-state index in [0.717, 1.165) is 11.3 Å². The Morgan fingerprint density at radius 3 is 2.81 bits per heavy atom.